The third-order valence-electron chi connectivity index (χ3n) is 6.54. The lowest BCUT2D eigenvalue weighted by Gasteiger charge is -2.22. The number of benzene rings is 1. The molecule has 2 aliphatic rings. The van der Waals surface area contributed by atoms with E-state index in [1.54, 1.807) is 0 Å². The molecule has 11 heteroatoms. The van der Waals surface area contributed by atoms with E-state index in [1.807, 2.05) is 6.92 Å². The number of pyridine rings is 2. The van der Waals surface area contributed by atoms with Crippen molar-refractivity contribution in [3.8, 4) is 5.69 Å². The zero-order valence-electron chi connectivity index (χ0n) is 18.7. The van der Waals surface area contributed by atoms with Gasteiger partial charge in [0.15, 0.2) is 17.3 Å². The molecule has 1 aromatic carbocycles. The van der Waals surface area contributed by atoms with Crippen LogP contribution in [0.5, 0.6) is 0 Å². The Hall–Kier alpha value is -3.44. The third kappa shape index (κ3) is 4.25. The van der Waals surface area contributed by atoms with Crippen molar-refractivity contribution in [3.63, 3.8) is 0 Å². The Morgan fingerprint density at radius 3 is 2.46 bits per heavy atom. The summed E-state index contributed by atoms with van der Waals surface area (Å²) in [4.78, 5) is 31.9. The first-order chi connectivity index (χ1) is 16.6. The second kappa shape index (κ2) is 8.65. The average molecular weight is 488 g/mol. The molecule has 3 atom stereocenters. The molecule has 5 rings (SSSR count). The first-order valence-corrected chi connectivity index (χ1v) is 11.3. The van der Waals surface area contributed by atoms with E-state index in [0.29, 0.717) is 18.1 Å². The van der Waals surface area contributed by atoms with Crippen molar-refractivity contribution in [2.75, 3.05) is 11.4 Å². The highest BCUT2D eigenvalue weighted by molar-refractivity contribution is 5.97. The Bertz CT molecular complexity index is 1370. The second-order valence-corrected chi connectivity index (χ2v) is 9.12. The number of nitrogens with one attached hydrogen (secondary N) is 1. The Morgan fingerprint density at radius 1 is 1.17 bits per heavy atom. The molecule has 1 aliphatic carbocycles. The number of carbonyl (C=O) groups is 1. The highest BCUT2D eigenvalue weighted by atomic mass is 19.1. The number of halogens is 3. The molecule has 2 fully saturated rings. The van der Waals surface area contributed by atoms with Gasteiger partial charge >= 0.3 is 0 Å². The lowest BCUT2D eigenvalue weighted by molar-refractivity contribution is 0.0934. The number of amides is 1. The van der Waals surface area contributed by atoms with Crippen LogP contribution >= 0.6 is 0 Å². The van der Waals surface area contributed by atoms with Crippen LogP contribution in [0.1, 0.15) is 36.5 Å². The molecule has 1 unspecified atom stereocenters. The van der Waals surface area contributed by atoms with E-state index in [1.165, 1.54) is 17.0 Å². The van der Waals surface area contributed by atoms with E-state index < -0.39 is 46.8 Å². The zero-order chi connectivity index (χ0) is 25.0. The summed E-state index contributed by atoms with van der Waals surface area (Å²) in [5.41, 5.74) is -1.95. The van der Waals surface area contributed by atoms with E-state index in [9.17, 15) is 33.0 Å². The summed E-state index contributed by atoms with van der Waals surface area (Å²) in [7, 11) is 0. The molecule has 3 N–H and O–H groups in total. The molecule has 1 aliphatic heterocycles. The Balaban J connectivity index is 1.71. The van der Waals surface area contributed by atoms with Gasteiger partial charge in [-0.25, -0.2) is 18.2 Å². The number of β-amino-alcohol motifs (C(OH)–C–C–N with tert-alkyl or cyclic N) is 1. The summed E-state index contributed by atoms with van der Waals surface area (Å²) in [5, 5.41) is 22.8. The van der Waals surface area contributed by atoms with Gasteiger partial charge in [0.1, 0.15) is 29.1 Å². The van der Waals surface area contributed by atoms with Crippen LogP contribution in [0.25, 0.3) is 16.7 Å². The maximum absolute atomic E-state index is 14.8. The van der Waals surface area contributed by atoms with Gasteiger partial charge in [-0.15, -0.1) is 0 Å². The molecule has 2 aromatic heterocycles. The van der Waals surface area contributed by atoms with Crippen molar-refractivity contribution < 1.29 is 28.2 Å². The van der Waals surface area contributed by atoms with Crippen molar-refractivity contribution in [1.82, 2.24) is 14.9 Å². The number of nitrogens with zero attached hydrogens (tertiary/aromatic N) is 3. The van der Waals surface area contributed by atoms with E-state index >= 15 is 0 Å². The fourth-order valence-corrected chi connectivity index (χ4v) is 4.49. The van der Waals surface area contributed by atoms with Crippen molar-refractivity contribution >= 4 is 22.8 Å². The van der Waals surface area contributed by atoms with Gasteiger partial charge in [-0.2, -0.15) is 0 Å². The molecular weight excluding hydrogens is 465 g/mol. The largest absolute Gasteiger partial charge is 0.391 e. The fraction of sp³-hybridized carbons (Fsp3) is 0.375. The molecular formula is C24H23F3N4O4. The molecule has 1 saturated heterocycles. The topological polar surface area (TPSA) is 108 Å². The first-order valence-electron chi connectivity index (χ1n) is 11.3. The van der Waals surface area contributed by atoms with Crippen molar-refractivity contribution in [2.24, 2.45) is 5.92 Å². The molecule has 1 amide bonds. The van der Waals surface area contributed by atoms with Crippen LogP contribution in [0.15, 0.2) is 35.3 Å². The number of hydrogen-bond acceptors (Lipinski definition) is 6. The molecule has 3 heterocycles. The summed E-state index contributed by atoms with van der Waals surface area (Å²) < 4.78 is 44.1. The SMILES string of the molecule is C[C@@H](NC(=O)c1cn(-c2c(F)cc(F)cc2F)c2nc(N3C[C@@H](O)CC3O)ccc2c1=O)C1CC1. The molecule has 8 nitrogen and oxygen atoms in total. The predicted molar refractivity (Wildman–Crippen MR) is 121 cm³/mol. The number of aromatic nitrogens is 2. The quantitative estimate of drug-likeness (QED) is 0.509. The maximum atomic E-state index is 14.8. The summed E-state index contributed by atoms with van der Waals surface area (Å²) in [6.45, 7) is 1.88. The predicted octanol–water partition coefficient (Wildman–Crippen LogP) is 2.22. The molecule has 184 valence electrons. The number of rotatable bonds is 5. The Labute approximate surface area is 197 Å². The first kappa shape index (κ1) is 23.3. The van der Waals surface area contributed by atoms with Crippen LogP contribution in [-0.4, -0.2) is 50.6 Å². The highest BCUT2D eigenvalue weighted by Crippen LogP contribution is 2.32. The van der Waals surface area contributed by atoms with Crippen molar-refractivity contribution in [1.29, 1.82) is 0 Å². The second-order valence-electron chi connectivity index (χ2n) is 9.12. The van der Waals surface area contributed by atoms with Gasteiger partial charge in [-0.3, -0.25) is 14.2 Å². The molecule has 0 spiro atoms. The number of aliphatic hydroxyl groups excluding tert-OH is 2. The van der Waals surface area contributed by atoms with Gasteiger partial charge in [0.05, 0.1) is 11.5 Å². The normalized spacial score (nSPS) is 20.9. The van der Waals surface area contributed by atoms with Gasteiger partial charge in [0.25, 0.3) is 5.91 Å². The minimum absolute atomic E-state index is 0.0583. The zero-order valence-corrected chi connectivity index (χ0v) is 18.7. The molecule has 1 saturated carbocycles. The Kier molecular flexibility index (Phi) is 5.76. The molecule has 0 bridgehead atoms. The number of anilines is 1. The van der Waals surface area contributed by atoms with Crippen molar-refractivity contribution in [2.45, 2.75) is 44.6 Å². The molecule has 35 heavy (non-hydrogen) atoms. The van der Waals surface area contributed by atoms with Gasteiger partial charge in [0.2, 0.25) is 5.43 Å². The highest BCUT2D eigenvalue weighted by Gasteiger charge is 2.32. The minimum Gasteiger partial charge on any atom is -0.391 e. The van der Waals surface area contributed by atoms with Gasteiger partial charge in [-0.1, -0.05) is 0 Å². The van der Waals surface area contributed by atoms with Crippen LogP contribution in [0.3, 0.4) is 0 Å². The minimum atomic E-state index is -1.26. The van der Waals surface area contributed by atoms with Crippen LogP contribution in [-0.2, 0) is 0 Å². The fourth-order valence-electron chi connectivity index (χ4n) is 4.49. The summed E-state index contributed by atoms with van der Waals surface area (Å²) in [6, 6.07) is 3.55. The van der Waals surface area contributed by atoms with Crippen LogP contribution in [0.4, 0.5) is 19.0 Å². The summed E-state index contributed by atoms with van der Waals surface area (Å²) in [6.07, 6.45) is 1.12. The number of aliphatic hydroxyl groups is 2. The number of hydrogen-bond donors (Lipinski definition) is 3. The Morgan fingerprint density at radius 2 is 1.86 bits per heavy atom. The van der Waals surface area contributed by atoms with E-state index in [4.69, 9.17) is 0 Å². The average Bonchev–Trinajstić information content (AvgIpc) is 3.58. The van der Waals surface area contributed by atoms with Crippen LogP contribution in [0.2, 0.25) is 0 Å². The van der Waals surface area contributed by atoms with Crippen LogP contribution in [0, 0.1) is 23.4 Å². The summed E-state index contributed by atoms with van der Waals surface area (Å²) in [5.74, 6) is -3.89. The molecule has 0 radical (unpaired) electrons. The van der Waals surface area contributed by atoms with Crippen molar-refractivity contribution in [3.05, 3.63) is 63.7 Å². The maximum Gasteiger partial charge on any atom is 0.257 e. The lowest BCUT2D eigenvalue weighted by Crippen LogP contribution is -2.37. The van der Waals surface area contributed by atoms with E-state index in [-0.39, 0.29) is 41.4 Å². The van der Waals surface area contributed by atoms with Crippen LogP contribution < -0.4 is 15.6 Å². The third-order valence-corrected chi connectivity index (χ3v) is 6.54. The standard InChI is InChI=1S/C24H23F3N4O4/c1-11(12-2-3-12)28-24(35)16-10-31(21-17(26)6-13(25)7-18(21)27)23-15(22(16)34)4-5-19(29-23)30-9-14(32)8-20(30)33/h4-7,10-12,14,20,32-33H,2-3,8-9H2,1H3,(H,28,35)/t11-,14+,20?/m1/s1. The van der Waals surface area contributed by atoms with Gasteiger partial charge < -0.3 is 20.4 Å². The van der Waals surface area contributed by atoms with E-state index in [0.717, 1.165) is 23.6 Å². The van der Waals surface area contributed by atoms with Gasteiger partial charge in [0, 0.05) is 37.3 Å². The lowest BCUT2D eigenvalue weighted by atomic mass is 10.1. The monoisotopic (exact) mass is 488 g/mol. The van der Waals surface area contributed by atoms with Gasteiger partial charge in [-0.05, 0) is 37.8 Å². The van der Waals surface area contributed by atoms with E-state index in [2.05, 4.69) is 10.3 Å². The summed E-state index contributed by atoms with van der Waals surface area (Å²) >= 11 is 0. The number of fused-ring (bicyclic) bond motifs is 1. The number of carbonyl (C=O) groups excluding carboxylic acids is 1. The smallest absolute Gasteiger partial charge is 0.257 e. The molecule has 3 aromatic rings.